The number of ether oxygens (including phenoxy) is 1. The molecule has 0 aliphatic rings. The van der Waals surface area contributed by atoms with E-state index in [1.54, 1.807) is 23.3 Å². The van der Waals surface area contributed by atoms with Gasteiger partial charge in [0, 0.05) is 19.3 Å². The lowest BCUT2D eigenvalue weighted by atomic mass is 10.3. The van der Waals surface area contributed by atoms with Crippen molar-refractivity contribution >= 4 is 35.0 Å². The quantitative estimate of drug-likeness (QED) is 0.759. The molecule has 0 bridgehead atoms. The standard InChI is InChI=1S/C12H18N2O3S2/c1-14(5-9-3-4-18-6-9)11(15)8-19-7-10(13)12(16)17-2/h3-4,6,10H,5,7-8,13H2,1-2H3. The topological polar surface area (TPSA) is 72.6 Å². The molecule has 1 amide bonds. The first kappa shape index (κ1) is 16.0. The predicted molar refractivity (Wildman–Crippen MR) is 78.1 cm³/mol. The van der Waals surface area contributed by atoms with Gasteiger partial charge in [0.25, 0.3) is 0 Å². The molecule has 1 atom stereocenters. The normalized spacial score (nSPS) is 11.9. The van der Waals surface area contributed by atoms with E-state index >= 15 is 0 Å². The summed E-state index contributed by atoms with van der Waals surface area (Å²) in [5, 5.41) is 4.00. The zero-order chi connectivity index (χ0) is 14.3. The summed E-state index contributed by atoms with van der Waals surface area (Å²) in [4.78, 5) is 24.6. The van der Waals surface area contributed by atoms with Crippen molar-refractivity contribution in [2.24, 2.45) is 5.73 Å². The molecule has 5 nitrogen and oxygen atoms in total. The van der Waals surface area contributed by atoms with Crippen molar-refractivity contribution in [2.45, 2.75) is 12.6 Å². The zero-order valence-corrected chi connectivity index (χ0v) is 12.6. The highest BCUT2D eigenvalue weighted by molar-refractivity contribution is 8.00. The fourth-order valence-electron chi connectivity index (χ4n) is 1.35. The molecule has 1 unspecified atom stereocenters. The van der Waals surface area contributed by atoms with Crippen molar-refractivity contribution in [2.75, 3.05) is 25.7 Å². The number of rotatable bonds is 7. The Morgan fingerprint density at radius 3 is 2.89 bits per heavy atom. The highest BCUT2D eigenvalue weighted by Crippen LogP contribution is 2.10. The molecule has 19 heavy (non-hydrogen) atoms. The molecular weight excluding hydrogens is 284 g/mol. The number of thiophene rings is 1. The number of hydrogen-bond donors (Lipinski definition) is 1. The lowest BCUT2D eigenvalue weighted by molar-refractivity contribution is -0.141. The molecule has 0 aromatic carbocycles. The summed E-state index contributed by atoms with van der Waals surface area (Å²) >= 11 is 2.95. The van der Waals surface area contributed by atoms with Gasteiger partial charge in [0.05, 0.1) is 12.9 Å². The summed E-state index contributed by atoms with van der Waals surface area (Å²) in [6.45, 7) is 0.603. The first-order valence-corrected chi connectivity index (χ1v) is 7.80. The molecule has 106 valence electrons. The lowest BCUT2D eigenvalue weighted by Crippen LogP contribution is -2.35. The fraction of sp³-hybridized carbons (Fsp3) is 0.500. The van der Waals surface area contributed by atoms with Crippen LogP contribution >= 0.6 is 23.1 Å². The lowest BCUT2D eigenvalue weighted by Gasteiger charge is -2.16. The number of carbonyl (C=O) groups excluding carboxylic acids is 2. The Labute approximate surface area is 121 Å². The SMILES string of the molecule is COC(=O)C(N)CSCC(=O)N(C)Cc1ccsc1. The highest BCUT2D eigenvalue weighted by Gasteiger charge is 2.15. The Kier molecular flexibility index (Phi) is 6.90. The molecule has 7 heteroatoms. The number of amides is 1. The number of methoxy groups -OCH3 is 1. The van der Waals surface area contributed by atoms with Crippen LogP contribution in [-0.2, 0) is 20.9 Å². The van der Waals surface area contributed by atoms with E-state index < -0.39 is 12.0 Å². The van der Waals surface area contributed by atoms with Gasteiger partial charge < -0.3 is 15.4 Å². The van der Waals surface area contributed by atoms with Crippen LogP contribution in [0.4, 0.5) is 0 Å². The van der Waals surface area contributed by atoms with Gasteiger partial charge in [0.15, 0.2) is 0 Å². The van der Waals surface area contributed by atoms with E-state index in [1.165, 1.54) is 18.9 Å². The summed E-state index contributed by atoms with van der Waals surface area (Å²) in [5.74, 6) is 0.260. The second-order valence-electron chi connectivity index (χ2n) is 4.03. The van der Waals surface area contributed by atoms with E-state index in [-0.39, 0.29) is 5.91 Å². The van der Waals surface area contributed by atoms with E-state index in [9.17, 15) is 9.59 Å². The molecule has 0 fully saturated rings. The second-order valence-corrected chi connectivity index (χ2v) is 5.84. The van der Waals surface area contributed by atoms with Crippen molar-refractivity contribution in [3.05, 3.63) is 22.4 Å². The predicted octanol–water partition coefficient (Wildman–Crippen LogP) is 0.940. The van der Waals surface area contributed by atoms with Gasteiger partial charge in [-0.05, 0) is 22.4 Å². The third-order valence-electron chi connectivity index (χ3n) is 2.45. The zero-order valence-electron chi connectivity index (χ0n) is 11.0. The van der Waals surface area contributed by atoms with E-state index in [0.717, 1.165) is 5.56 Å². The molecule has 0 aliphatic carbocycles. The van der Waals surface area contributed by atoms with Crippen LogP contribution in [-0.4, -0.2) is 48.5 Å². The maximum Gasteiger partial charge on any atom is 0.323 e. The molecule has 1 heterocycles. The highest BCUT2D eigenvalue weighted by atomic mass is 32.2. The monoisotopic (exact) mass is 302 g/mol. The summed E-state index contributed by atoms with van der Waals surface area (Å²) in [6, 6.07) is 1.32. The van der Waals surface area contributed by atoms with Gasteiger partial charge in [0.1, 0.15) is 6.04 Å². The van der Waals surface area contributed by atoms with Crippen LogP contribution in [0.25, 0.3) is 0 Å². The van der Waals surface area contributed by atoms with Crippen LogP contribution in [0.2, 0.25) is 0 Å². The van der Waals surface area contributed by atoms with Crippen LogP contribution in [0.5, 0.6) is 0 Å². The van der Waals surface area contributed by atoms with Gasteiger partial charge >= 0.3 is 5.97 Å². The van der Waals surface area contributed by atoms with Crippen molar-refractivity contribution in [1.29, 1.82) is 0 Å². The number of hydrogen-bond acceptors (Lipinski definition) is 6. The second kappa shape index (κ2) is 8.19. The maximum absolute atomic E-state index is 11.8. The maximum atomic E-state index is 11.8. The molecule has 1 aromatic rings. The Morgan fingerprint density at radius 1 is 1.58 bits per heavy atom. The molecule has 0 saturated heterocycles. The number of thioether (sulfide) groups is 1. The van der Waals surface area contributed by atoms with Crippen molar-refractivity contribution in [3.8, 4) is 0 Å². The van der Waals surface area contributed by atoms with Gasteiger partial charge in [0.2, 0.25) is 5.91 Å². The van der Waals surface area contributed by atoms with Gasteiger partial charge in [-0.15, -0.1) is 11.8 Å². The number of nitrogens with two attached hydrogens (primary N) is 1. The van der Waals surface area contributed by atoms with E-state index in [1.807, 2.05) is 16.8 Å². The van der Waals surface area contributed by atoms with Crippen LogP contribution in [0.3, 0.4) is 0 Å². The Hall–Kier alpha value is -1.05. The van der Waals surface area contributed by atoms with Crippen molar-refractivity contribution in [1.82, 2.24) is 4.90 Å². The van der Waals surface area contributed by atoms with Crippen molar-refractivity contribution < 1.29 is 14.3 Å². The minimum absolute atomic E-state index is 0.0215. The third-order valence-corrected chi connectivity index (χ3v) is 4.23. The first-order chi connectivity index (χ1) is 9.04. The van der Waals surface area contributed by atoms with Crippen LogP contribution in [0, 0.1) is 0 Å². The summed E-state index contributed by atoms with van der Waals surface area (Å²) < 4.78 is 4.52. The smallest absolute Gasteiger partial charge is 0.323 e. The van der Waals surface area contributed by atoms with Crippen LogP contribution in [0.15, 0.2) is 16.8 Å². The Bertz CT molecular complexity index is 409. The number of nitrogens with zero attached hydrogens (tertiary/aromatic N) is 1. The Morgan fingerprint density at radius 2 is 2.32 bits per heavy atom. The molecule has 1 aromatic heterocycles. The largest absolute Gasteiger partial charge is 0.468 e. The molecular formula is C12H18N2O3S2. The van der Waals surface area contributed by atoms with Gasteiger partial charge in [-0.3, -0.25) is 9.59 Å². The Balaban J connectivity index is 2.25. The number of carbonyl (C=O) groups is 2. The van der Waals surface area contributed by atoms with Crippen LogP contribution < -0.4 is 5.73 Å². The van der Waals surface area contributed by atoms with Gasteiger partial charge in [-0.2, -0.15) is 11.3 Å². The molecule has 0 spiro atoms. The summed E-state index contributed by atoms with van der Waals surface area (Å²) in [5.41, 5.74) is 6.70. The van der Waals surface area contributed by atoms with Crippen molar-refractivity contribution in [3.63, 3.8) is 0 Å². The molecule has 1 rings (SSSR count). The summed E-state index contributed by atoms with van der Waals surface area (Å²) in [7, 11) is 3.06. The van der Waals surface area contributed by atoms with Gasteiger partial charge in [-0.1, -0.05) is 0 Å². The number of esters is 1. The van der Waals surface area contributed by atoms with Gasteiger partial charge in [-0.25, -0.2) is 0 Å². The average Bonchev–Trinajstić information content (AvgIpc) is 2.90. The van der Waals surface area contributed by atoms with E-state index in [4.69, 9.17) is 5.73 Å². The molecule has 2 N–H and O–H groups in total. The van der Waals surface area contributed by atoms with E-state index in [2.05, 4.69) is 4.74 Å². The average molecular weight is 302 g/mol. The summed E-state index contributed by atoms with van der Waals surface area (Å²) in [6.07, 6.45) is 0. The molecule has 0 saturated carbocycles. The minimum atomic E-state index is -0.676. The third kappa shape index (κ3) is 5.63. The fourth-order valence-corrected chi connectivity index (χ4v) is 2.91. The first-order valence-electron chi connectivity index (χ1n) is 5.70. The van der Waals surface area contributed by atoms with Crippen LogP contribution in [0.1, 0.15) is 5.56 Å². The van der Waals surface area contributed by atoms with E-state index in [0.29, 0.717) is 18.1 Å². The molecule has 0 aliphatic heterocycles. The minimum Gasteiger partial charge on any atom is -0.468 e. The molecule has 0 radical (unpaired) electrons.